The quantitative estimate of drug-likeness (QED) is 0.476. The molecule has 3 N–H and O–H groups in total. The number of hydrogen-bond acceptors (Lipinski definition) is 3. The number of hydrogen-bond donors (Lipinski definition) is 3. The molecule has 0 aliphatic rings. The second kappa shape index (κ2) is 8.75. The number of benzene rings is 1. The van der Waals surface area contributed by atoms with Gasteiger partial charge in [0.25, 0.3) is 0 Å². The highest BCUT2D eigenvalue weighted by Crippen LogP contribution is 2.25. The molecule has 24 heavy (non-hydrogen) atoms. The van der Waals surface area contributed by atoms with Crippen LogP contribution in [0.4, 0.5) is 5.69 Å². The summed E-state index contributed by atoms with van der Waals surface area (Å²) in [4.78, 5) is 1.65. The first kappa shape index (κ1) is 20.8. The normalized spacial score (nSPS) is 11.8. The average Bonchev–Trinajstić information content (AvgIpc) is 2.47. The van der Waals surface area contributed by atoms with E-state index in [1.54, 1.807) is 12.1 Å². The van der Waals surface area contributed by atoms with Crippen molar-refractivity contribution in [1.82, 2.24) is 9.62 Å². The van der Waals surface area contributed by atoms with Crippen LogP contribution in [-0.4, -0.2) is 59.1 Å². The first-order valence-corrected chi connectivity index (χ1v) is 9.78. The van der Waals surface area contributed by atoms with Gasteiger partial charge in [0.2, 0.25) is 10.0 Å². The lowest BCUT2D eigenvalue weighted by atomic mass is 10.1. The number of sulfonamides is 1. The fourth-order valence-electron chi connectivity index (χ4n) is 2.13. The topological polar surface area (TPSA) is 65.9 Å². The van der Waals surface area contributed by atoms with E-state index in [4.69, 9.17) is 12.2 Å². The van der Waals surface area contributed by atoms with Crippen LogP contribution in [0.3, 0.4) is 0 Å². The second-order valence-corrected chi connectivity index (χ2v) is 8.95. The first-order valence-electron chi connectivity index (χ1n) is 7.93. The van der Waals surface area contributed by atoms with Crippen molar-refractivity contribution < 1.29 is 13.3 Å². The molecule has 0 saturated heterocycles. The molecule has 0 fully saturated rings. The molecule has 0 aliphatic heterocycles. The number of nitrogens with one attached hydrogen (secondary N) is 3. The van der Waals surface area contributed by atoms with Crippen LogP contribution in [0.25, 0.3) is 0 Å². The van der Waals surface area contributed by atoms with Crippen molar-refractivity contribution in [2.45, 2.75) is 25.2 Å². The smallest absolute Gasteiger partial charge is 0.242 e. The maximum atomic E-state index is 12.4. The van der Waals surface area contributed by atoms with Crippen molar-refractivity contribution in [3.8, 4) is 0 Å². The second-order valence-electron chi connectivity index (χ2n) is 6.39. The van der Waals surface area contributed by atoms with Crippen molar-refractivity contribution in [2.24, 2.45) is 0 Å². The number of aryl methyl sites for hydroxylation is 1. The van der Waals surface area contributed by atoms with E-state index in [9.17, 15) is 8.42 Å². The Hall–Kier alpha value is -1.22. The molecule has 0 bridgehead atoms. The summed E-state index contributed by atoms with van der Waals surface area (Å²) in [6.45, 7) is 5.68. The molecule has 0 aliphatic carbocycles. The Kier molecular flexibility index (Phi) is 7.59. The number of thiocarbonyl (C=S) groups is 1. The van der Waals surface area contributed by atoms with Crippen LogP contribution in [0.5, 0.6) is 0 Å². The highest BCUT2D eigenvalue weighted by Gasteiger charge is 2.19. The van der Waals surface area contributed by atoms with Crippen molar-refractivity contribution in [3.63, 3.8) is 0 Å². The first-order chi connectivity index (χ1) is 11.1. The fraction of sp³-hybridized carbons (Fsp3) is 0.562. The molecule has 0 heterocycles. The van der Waals surface area contributed by atoms with Crippen molar-refractivity contribution in [3.05, 3.63) is 23.3 Å². The lowest BCUT2D eigenvalue weighted by Gasteiger charge is -2.18. The zero-order valence-corrected chi connectivity index (χ0v) is 17.0. The molecule has 1 aromatic rings. The minimum atomic E-state index is -3.48. The molecule has 1 rings (SSSR count). The van der Waals surface area contributed by atoms with Gasteiger partial charge in [-0.3, -0.25) is 0 Å². The average molecular weight is 374 g/mol. The lowest BCUT2D eigenvalue weighted by molar-refractivity contribution is -0.858. The van der Waals surface area contributed by atoms with Gasteiger partial charge in [-0.2, -0.15) is 0 Å². The van der Waals surface area contributed by atoms with Gasteiger partial charge in [0, 0.05) is 32.7 Å². The van der Waals surface area contributed by atoms with Gasteiger partial charge in [0.1, 0.15) is 0 Å². The maximum Gasteiger partial charge on any atom is 0.242 e. The lowest BCUT2D eigenvalue weighted by Crippen LogP contribution is -3.05. The third-order valence-electron chi connectivity index (χ3n) is 3.81. The Bertz CT molecular complexity index is 686. The summed E-state index contributed by atoms with van der Waals surface area (Å²) in [5.41, 5.74) is 2.60. The van der Waals surface area contributed by atoms with E-state index >= 15 is 0 Å². The van der Waals surface area contributed by atoms with E-state index < -0.39 is 10.0 Å². The highest BCUT2D eigenvalue weighted by molar-refractivity contribution is 7.89. The molecular formula is C16H29N4O2S2+. The fourth-order valence-corrected chi connectivity index (χ4v) is 3.35. The predicted octanol–water partition coefficient (Wildman–Crippen LogP) is 0.375. The van der Waals surface area contributed by atoms with Crippen molar-refractivity contribution in [2.75, 3.05) is 46.6 Å². The van der Waals surface area contributed by atoms with Crippen LogP contribution in [0, 0.1) is 13.8 Å². The molecular weight excluding hydrogens is 344 g/mol. The van der Waals surface area contributed by atoms with E-state index in [1.807, 2.05) is 13.8 Å². The minimum absolute atomic E-state index is 0.261. The molecule has 0 atom stereocenters. The molecule has 1 aromatic carbocycles. The monoisotopic (exact) mass is 373 g/mol. The number of nitrogens with zero attached hydrogens (tertiary/aromatic N) is 1. The summed E-state index contributed by atoms with van der Waals surface area (Å²) in [6.07, 6.45) is 1.01. The van der Waals surface area contributed by atoms with Gasteiger partial charge >= 0.3 is 0 Å². The summed E-state index contributed by atoms with van der Waals surface area (Å²) in [5.74, 6) is 0. The van der Waals surface area contributed by atoms with Gasteiger partial charge in [0.15, 0.2) is 5.11 Å². The number of rotatable bonds is 7. The van der Waals surface area contributed by atoms with E-state index in [-0.39, 0.29) is 4.90 Å². The van der Waals surface area contributed by atoms with Crippen LogP contribution in [0.15, 0.2) is 17.0 Å². The van der Waals surface area contributed by atoms with Gasteiger partial charge in [0.05, 0.1) is 25.5 Å². The molecule has 0 amide bonds. The van der Waals surface area contributed by atoms with Crippen LogP contribution in [0.1, 0.15) is 17.5 Å². The summed E-state index contributed by atoms with van der Waals surface area (Å²) < 4.78 is 25.9. The van der Waals surface area contributed by atoms with Crippen molar-refractivity contribution >= 4 is 33.0 Å². The van der Waals surface area contributed by atoms with Crippen LogP contribution >= 0.6 is 12.2 Å². The highest BCUT2D eigenvalue weighted by atomic mass is 32.2. The molecule has 8 heteroatoms. The summed E-state index contributed by atoms with van der Waals surface area (Å²) in [6, 6.07) is 3.32. The van der Waals surface area contributed by atoms with E-state index in [0.29, 0.717) is 10.8 Å². The largest absolute Gasteiger partial charge is 0.362 e. The SMILES string of the molecule is Cc1cc(S(=O)(=O)N(C)C)cc(NC(=S)NCCC[NH+](C)C)c1C. The number of quaternary nitrogens is 1. The molecule has 0 saturated carbocycles. The molecule has 0 spiro atoms. The summed E-state index contributed by atoms with van der Waals surface area (Å²) in [7, 11) is 3.79. The van der Waals surface area contributed by atoms with Gasteiger partial charge in [-0.1, -0.05) is 0 Å². The predicted molar refractivity (Wildman–Crippen MR) is 103 cm³/mol. The van der Waals surface area contributed by atoms with Gasteiger partial charge in [-0.25, -0.2) is 12.7 Å². The van der Waals surface area contributed by atoms with Gasteiger partial charge in [-0.15, -0.1) is 0 Å². The Morgan fingerprint density at radius 3 is 2.42 bits per heavy atom. The van der Waals surface area contributed by atoms with Crippen LogP contribution in [0.2, 0.25) is 0 Å². The third-order valence-corrected chi connectivity index (χ3v) is 5.85. The Morgan fingerprint density at radius 2 is 1.88 bits per heavy atom. The van der Waals surface area contributed by atoms with Crippen LogP contribution < -0.4 is 15.5 Å². The molecule has 0 unspecified atom stereocenters. The Morgan fingerprint density at radius 1 is 1.25 bits per heavy atom. The van der Waals surface area contributed by atoms with Crippen LogP contribution in [-0.2, 0) is 10.0 Å². The molecule has 0 radical (unpaired) electrons. The summed E-state index contributed by atoms with van der Waals surface area (Å²) >= 11 is 5.32. The Labute approximate surface area is 151 Å². The molecule has 6 nitrogen and oxygen atoms in total. The van der Waals surface area contributed by atoms with E-state index in [0.717, 1.165) is 30.6 Å². The molecule has 136 valence electrons. The zero-order chi connectivity index (χ0) is 18.5. The van der Waals surface area contributed by atoms with E-state index in [2.05, 4.69) is 24.7 Å². The molecule has 0 aromatic heterocycles. The third kappa shape index (κ3) is 5.70. The Balaban J connectivity index is 2.88. The zero-order valence-electron chi connectivity index (χ0n) is 15.4. The van der Waals surface area contributed by atoms with Gasteiger partial charge in [-0.05, 0) is 49.3 Å². The number of anilines is 1. The van der Waals surface area contributed by atoms with E-state index in [1.165, 1.54) is 23.3 Å². The summed E-state index contributed by atoms with van der Waals surface area (Å²) in [5, 5.41) is 6.79. The standard InChI is InChI=1S/C16H28N4O2S2/c1-12-10-14(24(21,22)20(5)6)11-15(13(12)2)18-16(23)17-8-7-9-19(3)4/h10-11H,7-9H2,1-6H3,(H2,17,18,23)/p+1. The minimum Gasteiger partial charge on any atom is -0.362 e. The van der Waals surface area contributed by atoms with Gasteiger partial charge < -0.3 is 15.5 Å². The van der Waals surface area contributed by atoms with Crippen molar-refractivity contribution in [1.29, 1.82) is 0 Å². The maximum absolute atomic E-state index is 12.4.